The molecule has 1 saturated carbocycles. The number of methoxy groups -OCH3 is 1. The summed E-state index contributed by atoms with van der Waals surface area (Å²) in [6, 6.07) is 2.60. The van der Waals surface area contributed by atoms with Crippen LogP contribution in [0.2, 0.25) is 5.02 Å². The summed E-state index contributed by atoms with van der Waals surface area (Å²) < 4.78 is 18.3. The second kappa shape index (κ2) is 3.58. The molecule has 0 amide bonds. The van der Waals surface area contributed by atoms with E-state index < -0.39 is 17.5 Å². The molecule has 1 aromatic carbocycles. The molecule has 0 bridgehead atoms. The molecule has 1 aliphatic rings. The lowest BCUT2D eigenvalue weighted by Gasteiger charge is -2.14. The topological polar surface area (TPSA) is 55.5 Å². The highest BCUT2D eigenvalue weighted by molar-refractivity contribution is 6.31. The van der Waals surface area contributed by atoms with Gasteiger partial charge < -0.3 is 15.6 Å². The van der Waals surface area contributed by atoms with Crippen molar-refractivity contribution in [1.29, 1.82) is 0 Å². The average molecular weight is 246 g/mol. The third-order valence-corrected chi connectivity index (χ3v) is 3.63. The van der Waals surface area contributed by atoms with Crippen LogP contribution in [-0.2, 0) is 5.54 Å². The molecule has 2 rings (SSSR count). The van der Waals surface area contributed by atoms with E-state index in [0.717, 1.165) is 0 Å². The van der Waals surface area contributed by atoms with Crippen molar-refractivity contribution in [2.24, 2.45) is 11.7 Å². The second-order valence-corrected chi connectivity index (χ2v) is 4.54. The largest absolute Gasteiger partial charge is 0.494 e. The van der Waals surface area contributed by atoms with Gasteiger partial charge in [0.05, 0.1) is 18.8 Å². The van der Waals surface area contributed by atoms with Gasteiger partial charge in [0.15, 0.2) is 11.6 Å². The van der Waals surface area contributed by atoms with Crippen LogP contribution in [0.25, 0.3) is 0 Å². The number of ether oxygens (including phenoxy) is 1. The van der Waals surface area contributed by atoms with Crippen LogP contribution in [0.4, 0.5) is 4.39 Å². The van der Waals surface area contributed by atoms with Crippen molar-refractivity contribution < 1.29 is 14.2 Å². The fraction of sp³-hybridized carbons (Fsp3) is 0.455. The van der Waals surface area contributed by atoms with E-state index in [1.807, 2.05) is 0 Å². The van der Waals surface area contributed by atoms with Gasteiger partial charge >= 0.3 is 0 Å². The van der Waals surface area contributed by atoms with Gasteiger partial charge in [0.1, 0.15) is 0 Å². The molecule has 5 heteroatoms. The fourth-order valence-electron chi connectivity index (χ4n) is 1.98. The standard InChI is InChI=1S/C11H13ClFNO2/c1-5-10(15)11(5,14)6-3-8(13)9(16-2)4-7(6)12/h3-5,10,15H,14H2,1-2H3. The first-order chi connectivity index (χ1) is 7.42. The van der Waals surface area contributed by atoms with Crippen molar-refractivity contribution >= 4 is 11.6 Å². The Balaban J connectivity index is 2.48. The lowest BCUT2D eigenvalue weighted by molar-refractivity contribution is 0.242. The molecular formula is C11H13ClFNO2. The highest BCUT2D eigenvalue weighted by Gasteiger charge is 2.61. The summed E-state index contributed by atoms with van der Waals surface area (Å²) >= 11 is 6.00. The number of aliphatic hydroxyl groups is 1. The molecule has 0 heterocycles. The Morgan fingerprint density at radius 3 is 2.56 bits per heavy atom. The summed E-state index contributed by atoms with van der Waals surface area (Å²) in [7, 11) is 1.36. The van der Waals surface area contributed by atoms with Gasteiger partial charge in [0.2, 0.25) is 0 Å². The minimum Gasteiger partial charge on any atom is -0.494 e. The number of hydrogen-bond donors (Lipinski definition) is 2. The quantitative estimate of drug-likeness (QED) is 0.833. The molecule has 88 valence electrons. The van der Waals surface area contributed by atoms with Crippen LogP contribution in [0.15, 0.2) is 12.1 Å². The van der Waals surface area contributed by atoms with Crippen LogP contribution >= 0.6 is 11.6 Å². The smallest absolute Gasteiger partial charge is 0.165 e. The Kier molecular flexibility index (Phi) is 2.61. The number of benzene rings is 1. The van der Waals surface area contributed by atoms with E-state index in [-0.39, 0.29) is 11.7 Å². The number of halogens is 2. The first kappa shape index (κ1) is 11.6. The second-order valence-electron chi connectivity index (χ2n) is 4.13. The first-order valence-corrected chi connectivity index (χ1v) is 5.31. The molecular weight excluding hydrogens is 233 g/mol. The molecule has 1 aromatic rings. The number of nitrogens with two attached hydrogens (primary N) is 1. The Labute approximate surface area is 98.0 Å². The lowest BCUT2D eigenvalue weighted by Crippen LogP contribution is -2.26. The number of rotatable bonds is 2. The first-order valence-electron chi connectivity index (χ1n) is 4.93. The third kappa shape index (κ3) is 1.41. The van der Waals surface area contributed by atoms with Crippen molar-refractivity contribution in [3.8, 4) is 5.75 Å². The minimum absolute atomic E-state index is 0.0696. The molecule has 1 aliphatic carbocycles. The summed E-state index contributed by atoms with van der Waals surface area (Å²) in [6.45, 7) is 1.79. The monoisotopic (exact) mass is 245 g/mol. The van der Waals surface area contributed by atoms with Gasteiger partial charge in [0, 0.05) is 17.0 Å². The SMILES string of the molecule is COc1cc(Cl)c(C2(N)C(C)C2O)cc1F. The Morgan fingerprint density at radius 1 is 1.56 bits per heavy atom. The van der Waals surface area contributed by atoms with Gasteiger partial charge in [-0.2, -0.15) is 0 Å². The maximum absolute atomic E-state index is 13.5. The van der Waals surface area contributed by atoms with E-state index in [2.05, 4.69) is 0 Å². The van der Waals surface area contributed by atoms with Gasteiger partial charge in [-0.3, -0.25) is 0 Å². The van der Waals surface area contributed by atoms with Crippen LogP contribution in [0.3, 0.4) is 0 Å². The Hall–Kier alpha value is -0.840. The van der Waals surface area contributed by atoms with Crippen LogP contribution in [0, 0.1) is 11.7 Å². The molecule has 0 aliphatic heterocycles. The zero-order valence-electron chi connectivity index (χ0n) is 9.00. The molecule has 0 spiro atoms. The molecule has 3 unspecified atom stereocenters. The number of aliphatic hydroxyl groups excluding tert-OH is 1. The van der Waals surface area contributed by atoms with E-state index in [1.54, 1.807) is 6.92 Å². The van der Waals surface area contributed by atoms with E-state index in [4.69, 9.17) is 22.1 Å². The van der Waals surface area contributed by atoms with Crippen molar-refractivity contribution in [2.45, 2.75) is 18.6 Å². The molecule has 0 aromatic heterocycles. The Bertz CT molecular complexity index is 430. The molecule has 3 atom stereocenters. The zero-order valence-corrected chi connectivity index (χ0v) is 9.75. The highest BCUT2D eigenvalue weighted by Crippen LogP contribution is 2.52. The van der Waals surface area contributed by atoms with E-state index in [9.17, 15) is 9.50 Å². The zero-order chi connectivity index (χ0) is 12.1. The maximum Gasteiger partial charge on any atom is 0.165 e. The molecule has 0 radical (unpaired) electrons. The molecule has 1 fully saturated rings. The van der Waals surface area contributed by atoms with Crippen molar-refractivity contribution in [3.05, 3.63) is 28.5 Å². The normalized spacial score (nSPS) is 32.6. The summed E-state index contributed by atoms with van der Waals surface area (Å²) in [4.78, 5) is 0. The van der Waals surface area contributed by atoms with Crippen molar-refractivity contribution in [3.63, 3.8) is 0 Å². The minimum atomic E-state index is -0.940. The van der Waals surface area contributed by atoms with Gasteiger partial charge in [-0.25, -0.2) is 4.39 Å². The van der Waals surface area contributed by atoms with Crippen molar-refractivity contribution in [1.82, 2.24) is 0 Å². The predicted molar refractivity (Wildman–Crippen MR) is 59.0 cm³/mol. The third-order valence-electron chi connectivity index (χ3n) is 3.32. The molecule has 3 N–H and O–H groups in total. The van der Waals surface area contributed by atoms with Gasteiger partial charge in [-0.15, -0.1) is 0 Å². The summed E-state index contributed by atoms with van der Waals surface area (Å²) in [5.74, 6) is -0.587. The predicted octanol–water partition coefficient (Wildman–Crippen LogP) is 1.65. The molecule has 16 heavy (non-hydrogen) atoms. The van der Waals surface area contributed by atoms with Gasteiger partial charge in [0.25, 0.3) is 0 Å². The Morgan fingerprint density at radius 2 is 2.12 bits per heavy atom. The summed E-state index contributed by atoms with van der Waals surface area (Å²) in [6.07, 6.45) is -0.683. The van der Waals surface area contributed by atoms with E-state index in [1.165, 1.54) is 19.2 Å². The lowest BCUT2D eigenvalue weighted by atomic mass is 10.0. The van der Waals surface area contributed by atoms with Crippen molar-refractivity contribution in [2.75, 3.05) is 7.11 Å². The molecule has 0 saturated heterocycles. The average Bonchev–Trinajstić information content (AvgIpc) is 2.73. The van der Waals surface area contributed by atoms with Crippen LogP contribution in [0.1, 0.15) is 12.5 Å². The summed E-state index contributed by atoms with van der Waals surface area (Å²) in [5, 5.41) is 9.92. The highest BCUT2D eigenvalue weighted by atomic mass is 35.5. The van der Waals surface area contributed by atoms with Crippen LogP contribution in [-0.4, -0.2) is 18.3 Å². The summed E-state index contributed by atoms with van der Waals surface area (Å²) in [5.41, 5.74) is 5.46. The van der Waals surface area contributed by atoms with E-state index >= 15 is 0 Å². The number of hydrogen-bond acceptors (Lipinski definition) is 3. The van der Waals surface area contributed by atoms with Crippen LogP contribution in [0.5, 0.6) is 5.75 Å². The maximum atomic E-state index is 13.5. The van der Waals surface area contributed by atoms with Crippen LogP contribution < -0.4 is 10.5 Å². The van der Waals surface area contributed by atoms with E-state index in [0.29, 0.717) is 10.6 Å². The van der Waals surface area contributed by atoms with Gasteiger partial charge in [-0.05, 0) is 11.6 Å². The fourth-order valence-corrected chi connectivity index (χ4v) is 2.30. The van der Waals surface area contributed by atoms with Gasteiger partial charge in [-0.1, -0.05) is 18.5 Å². The molecule has 3 nitrogen and oxygen atoms in total.